The molecule has 64 valence electrons. The lowest BCUT2D eigenvalue weighted by molar-refractivity contribution is 0.0166. The van der Waals surface area contributed by atoms with Crippen LogP contribution in [0.3, 0.4) is 0 Å². The number of alkyl halides is 1. The summed E-state index contributed by atoms with van der Waals surface area (Å²) in [4.78, 5) is 0. The van der Waals surface area contributed by atoms with Crippen LogP contribution in [-0.4, -0.2) is 35.8 Å². The summed E-state index contributed by atoms with van der Waals surface area (Å²) in [5, 5.41) is 8.53. The third-order valence-electron chi connectivity index (χ3n) is 1.98. The van der Waals surface area contributed by atoms with E-state index in [1.165, 1.54) is 0 Å². The zero-order valence-electron chi connectivity index (χ0n) is 6.11. The first kappa shape index (κ1) is 9.26. The summed E-state index contributed by atoms with van der Waals surface area (Å²) in [6.07, 6.45) is -0.792. The Kier molecular flexibility index (Phi) is 3.13. The lowest BCUT2D eigenvalue weighted by Crippen LogP contribution is -2.31. The van der Waals surface area contributed by atoms with E-state index in [2.05, 4.69) is 0 Å². The SMILES string of the molecule is [CH][C@@H]1O[C@H](CO)[C@H](CN)C1Cl. The van der Waals surface area contributed by atoms with Crippen LogP contribution < -0.4 is 5.73 Å². The standard InChI is InChI=1S/C7H12ClNO2/c1-4-7(8)5(2-9)6(3-10)11-4/h1,4-7,10H,2-3,9H2/t4-,5-,6+,7?/m0/s1. The van der Waals surface area contributed by atoms with Gasteiger partial charge in [-0.25, -0.2) is 0 Å². The van der Waals surface area contributed by atoms with Gasteiger partial charge in [-0.3, -0.25) is 0 Å². The molecule has 4 atom stereocenters. The van der Waals surface area contributed by atoms with Crippen LogP contribution in [0, 0.1) is 12.8 Å². The number of nitrogens with two attached hydrogens (primary N) is 1. The fourth-order valence-electron chi connectivity index (χ4n) is 1.29. The van der Waals surface area contributed by atoms with Crippen LogP contribution >= 0.6 is 11.6 Å². The number of aliphatic hydroxyl groups excluding tert-OH is 1. The molecule has 3 nitrogen and oxygen atoms in total. The first-order valence-corrected chi connectivity index (χ1v) is 4.00. The minimum absolute atomic E-state index is 0.0309. The van der Waals surface area contributed by atoms with Gasteiger partial charge >= 0.3 is 0 Å². The molecular weight excluding hydrogens is 166 g/mol. The molecule has 1 aliphatic rings. The van der Waals surface area contributed by atoms with Gasteiger partial charge in [0.1, 0.15) is 0 Å². The van der Waals surface area contributed by atoms with Crippen LogP contribution in [0.1, 0.15) is 0 Å². The van der Waals surface area contributed by atoms with E-state index in [1.807, 2.05) is 0 Å². The largest absolute Gasteiger partial charge is 0.394 e. The lowest BCUT2D eigenvalue weighted by Gasteiger charge is -2.14. The maximum Gasteiger partial charge on any atom is 0.0865 e. The monoisotopic (exact) mass is 177 g/mol. The number of hydrogen-bond donors (Lipinski definition) is 2. The highest BCUT2D eigenvalue weighted by molar-refractivity contribution is 6.21. The van der Waals surface area contributed by atoms with Gasteiger partial charge in [-0.2, -0.15) is 0 Å². The lowest BCUT2D eigenvalue weighted by atomic mass is 10.00. The van der Waals surface area contributed by atoms with E-state index >= 15 is 0 Å². The summed E-state index contributed by atoms with van der Waals surface area (Å²) >= 11 is 5.86. The number of aliphatic hydroxyl groups is 1. The summed E-state index contributed by atoms with van der Waals surface area (Å²) in [6, 6.07) is 0. The fraction of sp³-hybridized carbons (Fsp3) is 0.857. The van der Waals surface area contributed by atoms with E-state index in [-0.39, 0.29) is 24.0 Å². The molecule has 0 aromatic carbocycles. The molecule has 11 heavy (non-hydrogen) atoms. The number of halogens is 1. The molecule has 1 unspecified atom stereocenters. The van der Waals surface area contributed by atoms with Crippen molar-refractivity contribution in [2.45, 2.75) is 17.6 Å². The second-order valence-corrected chi connectivity index (χ2v) is 3.17. The Labute approximate surface area is 71.5 Å². The van der Waals surface area contributed by atoms with Gasteiger partial charge in [-0.15, -0.1) is 11.6 Å². The van der Waals surface area contributed by atoms with Gasteiger partial charge in [-0.05, 0) is 13.5 Å². The Morgan fingerprint density at radius 1 is 1.64 bits per heavy atom. The minimum Gasteiger partial charge on any atom is -0.394 e. The first-order chi connectivity index (χ1) is 5.20. The van der Waals surface area contributed by atoms with Gasteiger partial charge in [0, 0.05) is 5.92 Å². The maximum absolute atomic E-state index is 8.81. The predicted molar refractivity (Wildman–Crippen MR) is 42.2 cm³/mol. The molecule has 1 saturated heterocycles. The quantitative estimate of drug-likeness (QED) is 0.567. The van der Waals surface area contributed by atoms with Crippen molar-refractivity contribution in [3.63, 3.8) is 0 Å². The van der Waals surface area contributed by atoms with Crippen LogP contribution in [0.15, 0.2) is 0 Å². The maximum atomic E-state index is 8.81. The van der Waals surface area contributed by atoms with Gasteiger partial charge in [0.15, 0.2) is 0 Å². The molecule has 0 bridgehead atoms. The van der Waals surface area contributed by atoms with E-state index in [0.717, 1.165) is 0 Å². The average molecular weight is 178 g/mol. The molecule has 1 rings (SSSR count). The van der Waals surface area contributed by atoms with Crippen molar-refractivity contribution in [2.75, 3.05) is 13.2 Å². The Hall–Kier alpha value is 0.170. The molecule has 1 aliphatic heterocycles. The molecular formula is C7H12ClNO2. The molecule has 1 fully saturated rings. The first-order valence-electron chi connectivity index (χ1n) is 3.56. The second-order valence-electron chi connectivity index (χ2n) is 2.67. The minimum atomic E-state index is -0.498. The molecule has 2 radical (unpaired) electrons. The number of ether oxygens (including phenoxy) is 1. The Morgan fingerprint density at radius 2 is 2.27 bits per heavy atom. The van der Waals surface area contributed by atoms with E-state index in [0.29, 0.717) is 6.54 Å². The third-order valence-corrected chi connectivity index (χ3v) is 2.56. The molecule has 0 spiro atoms. The molecule has 0 saturated carbocycles. The summed E-state index contributed by atoms with van der Waals surface area (Å²) in [7, 11) is 0. The van der Waals surface area contributed by atoms with Crippen molar-refractivity contribution in [3.05, 3.63) is 6.92 Å². The summed E-state index contributed by atoms with van der Waals surface area (Å²) in [5.41, 5.74) is 5.42. The van der Waals surface area contributed by atoms with Crippen molar-refractivity contribution in [2.24, 2.45) is 11.7 Å². The van der Waals surface area contributed by atoms with Gasteiger partial charge in [-0.1, -0.05) is 0 Å². The normalized spacial score (nSPS) is 44.7. The van der Waals surface area contributed by atoms with Crippen molar-refractivity contribution in [3.8, 4) is 0 Å². The molecule has 0 aromatic heterocycles. The third kappa shape index (κ3) is 1.67. The smallest absolute Gasteiger partial charge is 0.0865 e. The second kappa shape index (κ2) is 3.72. The van der Waals surface area contributed by atoms with Gasteiger partial charge in [0.25, 0.3) is 0 Å². The van der Waals surface area contributed by atoms with Gasteiger partial charge < -0.3 is 15.6 Å². The van der Waals surface area contributed by atoms with Crippen molar-refractivity contribution >= 4 is 11.6 Å². The topological polar surface area (TPSA) is 55.5 Å². The van der Waals surface area contributed by atoms with Crippen LogP contribution in [0.25, 0.3) is 0 Å². The average Bonchev–Trinajstić information content (AvgIpc) is 2.28. The highest BCUT2D eigenvalue weighted by Crippen LogP contribution is 2.29. The van der Waals surface area contributed by atoms with Crippen LogP contribution in [0.4, 0.5) is 0 Å². The van der Waals surface area contributed by atoms with E-state index in [4.69, 9.17) is 34.1 Å². The fourth-order valence-corrected chi connectivity index (χ4v) is 1.61. The zero-order chi connectivity index (χ0) is 8.43. The number of rotatable bonds is 2. The van der Waals surface area contributed by atoms with Gasteiger partial charge in [0.05, 0.1) is 24.2 Å². The van der Waals surface area contributed by atoms with Crippen molar-refractivity contribution in [1.29, 1.82) is 0 Å². The van der Waals surface area contributed by atoms with Crippen molar-refractivity contribution in [1.82, 2.24) is 0 Å². The Bertz CT molecular complexity index is 134. The molecule has 3 N–H and O–H groups in total. The summed E-state index contributed by atoms with van der Waals surface area (Å²) in [6.45, 7) is 5.81. The van der Waals surface area contributed by atoms with E-state index in [9.17, 15) is 0 Å². The van der Waals surface area contributed by atoms with Crippen LogP contribution in [0.5, 0.6) is 0 Å². The summed E-state index contributed by atoms with van der Waals surface area (Å²) < 4.78 is 5.14. The molecule has 0 aromatic rings. The van der Waals surface area contributed by atoms with E-state index in [1.54, 1.807) is 0 Å². The van der Waals surface area contributed by atoms with Gasteiger partial charge in [0.2, 0.25) is 0 Å². The van der Waals surface area contributed by atoms with E-state index < -0.39 is 6.10 Å². The molecule has 0 aliphatic carbocycles. The predicted octanol–water partition coefficient (Wildman–Crippen LogP) is -0.361. The van der Waals surface area contributed by atoms with Crippen LogP contribution in [-0.2, 0) is 4.74 Å². The number of hydrogen-bond acceptors (Lipinski definition) is 3. The molecule has 4 heteroatoms. The Morgan fingerprint density at radius 3 is 2.64 bits per heavy atom. The Balaban J connectivity index is 2.57. The molecule has 0 amide bonds. The van der Waals surface area contributed by atoms with Crippen LogP contribution in [0.2, 0.25) is 0 Å². The highest BCUT2D eigenvalue weighted by atomic mass is 35.5. The highest BCUT2D eigenvalue weighted by Gasteiger charge is 2.39. The molecule has 1 heterocycles. The van der Waals surface area contributed by atoms with Crippen molar-refractivity contribution < 1.29 is 9.84 Å². The zero-order valence-corrected chi connectivity index (χ0v) is 6.87. The summed E-state index contributed by atoms with van der Waals surface area (Å²) in [5.74, 6) is -0.0309.